The molecule has 20 heavy (non-hydrogen) atoms. The van der Waals surface area contributed by atoms with Gasteiger partial charge in [-0.1, -0.05) is 43.3 Å². The molecule has 1 unspecified atom stereocenters. The van der Waals surface area contributed by atoms with Crippen LogP contribution in [0.25, 0.3) is 11.1 Å². The highest BCUT2D eigenvalue weighted by atomic mass is 32.2. The molecule has 1 aliphatic heterocycles. The van der Waals surface area contributed by atoms with Gasteiger partial charge in [-0.25, -0.2) is 4.21 Å². The van der Waals surface area contributed by atoms with Crippen molar-refractivity contribution in [2.24, 2.45) is 0 Å². The van der Waals surface area contributed by atoms with Crippen molar-refractivity contribution >= 4 is 22.6 Å². The second kappa shape index (κ2) is 6.15. The van der Waals surface area contributed by atoms with E-state index in [4.69, 9.17) is 0 Å². The summed E-state index contributed by atoms with van der Waals surface area (Å²) >= 11 is 1.98. The summed E-state index contributed by atoms with van der Waals surface area (Å²) in [5.74, 6) is 2.32. The molecule has 2 aromatic carbocycles. The highest BCUT2D eigenvalue weighted by Crippen LogP contribution is 2.42. The quantitative estimate of drug-likeness (QED) is 0.645. The predicted molar refractivity (Wildman–Crippen MR) is 87.9 cm³/mol. The highest BCUT2D eigenvalue weighted by molar-refractivity contribution is 7.99. The monoisotopic (exact) mass is 302 g/mol. The lowest BCUT2D eigenvalue weighted by Gasteiger charge is -2.07. The minimum absolute atomic E-state index is 0.969. The van der Waals surface area contributed by atoms with Crippen LogP contribution in [0.4, 0.5) is 0 Å². The van der Waals surface area contributed by atoms with E-state index in [0.29, 0.717) is 0 Å². The minimum atomic E-state index is -1.00. The number of benzene rings is 2. The van der Waals surface area contributed by atoms with Crippen molar-refractivity contribution in [2.45, 2.75) is 29.6 Å². The fraction of sp³-hybridized carbons (Fsp3) is 0.294. The lowest BCUT2D eigenvalue weighted by molar-refractivity contribution is 0.684. The van der Waals surface area contributed by atoms with E-state index in [2.05, 4.69) is 31.2 Å². The molecule has 0 aromatic heterocycles. The molecule has 0 amide bonds. The first-order chi connectivity index (χ1) is 9.83. The summed E-state index contributed by atoms with van der Waals surface area (Å²) < 4.78 is 12.7. The van der Waals surface area contributed by atoms with Crippen molar-refractivity contribution < 1.29 is 4.21 Å². The van der Waals surface area contributed by atoms with E-state index in [0.717, 1.165) is 33.1 Å². The Labute approximate surface area is 127 Å². The van der Waals surface area contributed by atoms with E-state index in [1.165, 1.54) is 17.7 Å². The van der Waals surface area contributed by atoms with Gasteiger partial charge in [-0.15, -0.1) is 0 Å². The van der Waals surface area contributed by atoms with Gasteiger partial charge in [0.2, 0.25) is 0 Å². The highest BCUT2D eigenvalue weighted by Gasteiger charge is 2.27. The number of hydrogen-bond donors (Lipinski definition) is 0. The van der Waals surface area contributed by atoms with Crippen LogP contribution in [0.2, 0.25) is 0 Å². The number of thioether (sulfide) groups is 1. The zero-order chi connectivity index (χ0) is 13.9. The molecule has 1 heterocycles. The Kier molecular flexibility index (Phi) is 4.27. The van der Waals surface area contributed by atoms with Crippen molar-refractivity contribution in [3.63, 3.8) is 0 Å². The number of fused-ring (bicyclic) bond motifs is 3. The molecule has 0 saturated heterocycles. The van der Waals surface area contributed by atoms with Gasteiger partial charge in [0.05, 0.1) is 20.6 Å². The smallest absolute Gasteiger partial charge is 0.0865 e. The van der Waals surface area contributed by atoms with Crippen LogP contribution in [-0.2, 0) is 17.2 Å². The van der Waals surface area contributed by atoms with Crippen molar-refractivity contribution in [1.82, 2.24) is 0 Å². The van der Waals surface area contributed by atoms with Gasteiger partial charge in [-0.3, -0.25) is 0 Å². The van der Waals surface area contributed by atoms with E-state index in [-0.39, 0.29) is 0 Å². The molecule has 0 N–H and O–H groups in total. The first-order valence-electron chi connectivity index (χ1n) is 7.03. The first kappa shape index (κ1) is 13.9. The summed E-state index contributed by atoms with van der Waals surface area (Å²) in [6.45, 7) is 2.21. The van der Waals surface area contributed by atoms with Gasteiger partial charge in [0.15, 0.2) is 0 Å². The molecule has 1 nitrogen and oxygen atoms in total. The van der Waals surface area contributed by atoms with Crippen LogP contribution in [0.1, 0.15) is 18.9 Å². The maximum absolute atomic E-state index is 12.7. The summed E-state index contributed by atoms with van der Waals surface area (Å²) in [6.07, 6.45) is 2.22. The maximum Gasteiger partial charge on any atom is 0.0865 e. The van der Waals surface area contributed by atoms with Crippen LogP contribution in [0, 0.1) is 0 Å². The Morgan fingerprint density at radius 1 is 1.00 bits per heavy atom. The normalized spacial score (nSPS) is 15.9. The number of aryl methyl sites for hydroxylation is 1. The molecule has 0 spiro atoms. The van der Waals surface area contributed by atoms with E-state index in [9.17, 15) is 4.21 Å². The standard InChI is InChI=1S/C17H18OS2/c1-2-11-19-12-10-13-6-5-8-15-14-7-3-4-9-16(14)20(18)17(13)15/h3-9H,2,10-12H2,1H3. The van der Waals surface area contributed by atoms with Crippen molar-refractivity contribution in [1.29, 1.82) is 0 Å². The fourth-order valence-corrected chi connectivity index (χ4v) is 5.04. The molecular formula is C17H18OS2. The van der Waals surface area contributed by atoms with Gasteiger partial charge in [0.1, 0.15) is 0 Å². The third-order valence-corrected chi connectivity index (χ3v) is 6.32. The molecule has 0 saturated carbocycles. The first-order valence-corrected chi connectivity index (χ1v) is 9.34. The summed E-state index contributed by atoms with van der Waals surface area (Å²) in [5, 5.41) is 0. The van der Waals surface area contributed by atoms with Crippen LogP contribution in [0.5, 0.6) is 0 Å². The van der Waals surface area contributed by atoms with Crippen LogP contribution in [0.15, 0.2) is 52.3 Å². The SMILES string of the molecule is CCCSCCc1cccc2c1S(=O)c1ccccc1-2. The van der Waals surface area contributed by atoms with Gasteiger partial charge in [-0.05, 0) is 47.1 Å². The molecule has 0 radical (unpaired) electrons. The number of rotatable bonds is 5. The number of hydrogen-bond acceptors (Lipinski definition) is 2. The molecule has 2 aromatic rings. The zero-order valence-electron chi connectivity index (χ0n) is 11.6. The van der Waals surface area contributed by atoms with Crippen LogP contribution in [0.3, 0.4) is 0 Å². The van der Waals surface area contributed by atoms with E-state index in [1.807, 2.05) is 30.0 Å². The summed E-state index contributed by atoms with van der Waals surface area (Å²) in [7, 11) is -1.00. The Bertz CT molecular complexity index is 649. The third kappa shape index (κ3) is 2.45. The van der Waals surface area contributed by atoms with E-state index < -0.39 is 10.8 Å². The Balaban J connectivity index is 1.92. The minimum Gasteiger partial charge on any atom is -0.249 e. The third-order valence-electron chi connectivity index (χ3n) is 3.52. The fourth-order valence-electron chi connectivity index (χ4n) is 2.60. The Morgan fingerprint density at radius 2 is 1.80 bits per heavy atom. The summed E-state index contributed by atoms with van der Waals surface area (Å²) in [4.78, 5) is 2.02. The Morgan fingerprint density at radius 3 is 2.65 bits per heavy atom. The molecule has 1 aliphatic rings. The molecule has 104 valence electrons. The molecule has 0 aliphatic carbocycles. The summed E-state index contributed by atoms with van der Waals surface area (Å²) in [5.41, 5.74) is 3.56. The van der Waals surface area contributed by atoms with Crippen molar-refractivity contribution in [3.05, 3.63) is 48.0 Å². The maximum atomic E-state index is 12.7. The van der Waals surface area contributed by atoms with Gasteiger partial charge < -0.3 is 0 Å². The van der Waals surface area contributed by atoms with Crippen molar-refractivity contribution in [3.8, 4) is 11.1 Å². The lowest BCUT2D eigenvalue weighted by Crippen LogP contribution is -1.97. The molecule has 3 heteroatoms. The van der Waals surface area contributed by atoms with E-state index >= 15 is 0 Å². The van der Waals surface area contributed by atoms with Gasteiger partial charge >= 0.3 is 0 Å². The van der Waals surface area contributed by atoms with Gasteiger partial charge in [0, 0.05) is 0 Å². The Hall–Kier alpha value is -1.06. The zero-order valence-corrected chi connectivity index (χ0v) is 13.2. The predicted octanol–water partition coefficient (Wildman–Crippen LogP) is 4.52. The van der Waals surface area contributed by atoms with Gasteiger partial charge in [0.25, 0.3) is 0 Å². The second-order valence-electron chi connectivity index (χ2n) is 4.92. The molecule has 1 atom stereocenters. The molecule has 0 bridgehead atoms. The van der Waals surface area contributed by atoms with Gasteiger partial charge in [-0.2, -0.15) is 11.8 Å². The average Bonchev–Trinajstić information content (AvgIpc) is 2.79. The van der Waals surface area contributed by atoms with Crippen molar-refractivity contribution in [2.75, 3.05) is 11.5 Å². The molecule has 3 rings (SSSR count). The average molecular weight is 302 g/mol. The summed E-state index contributed by atoms with van der Waals surface area (Å²) in [6, 6.07) is 14.4. The topological polar surface area (TPSA) is 17.1 Å². The van der Waals surface area contributed by atoms with Crippen LogP contribution >= 0.6 is 11.8 Å². The molecule has 0 fully saturated rings. The lowest BCUT2D eigenvalue weighted by atomic mass is 10.0. The largest absolute Gasteiger partial charge is 0.249 e. The molecular weight excluding hydrogens is 284 g/mol. The van der Waals surface area contributed by atoms with E-state index in [1.54, 1.807) is 0 Å². The second-order valence-corrected chi connectivity index (χ2v) is 7.53. The van der Waals surface area contributed by atoms with Crippen LogP contribution < -0.4 is 0 Å². The van der Waals surface area contributed by atoms with Crippen LogP contribution in [-0.4, -0.2) is 15.7 Å².